The number of amides is 1. The molecule has 6 nitrogen and oxygen atoms in total. The van der Waals surface area contributed by atoms with Crippen LogP contribution in [0.3, 0.4) is 0 Å². The number of rotatable bonds is 5. The molecule has 1 aromatic heterocycles. The lowest BCUT2D eigenvalue weighted by Gasteiger charge is -2.17. The Morgan fingerprint density at radius 2 is 1.93 bits per heavy atom. The number of hydrogen-bond acceptors (Lipinski definition) is 4. The topological polar surface area (TPSA) is 73.2 Å². The lowest BCUT2D eigenvalue weighted by molar-refractivity contribution is -0.129. The average molecular weight is 394 g/mol. The first-order valence-corrected chi connectivity index (χ1v) is 9.27. The fourth-order valence-corrected chi connectivity index (χ4v) is 3.50. The van der Waals surface area contributed by atoms with Crippen molar-refractivity contribution in [2.75, 3.05) is 0 Å². The predicted molar refractivity (Wildman–Crippen MR) is 98.5 cm³/mol. The highest BCUT2D eigenvalue weighted by Crippen LogP contribution is 2.25. The maximum absolute atomic E-state index is 13.1. The number of nitrogens with zero attached hydrogens (tertiary/aromatic N) is 2. The van der Waals surface area contributed by atoms with Crippen molar-refractivity contribution in [1.82, 2.24) is 15.1 Å². The molecule has 0 aliphatic heterocycles. The third-order valence-corrected chi connectivity index (χ3v) is 4.98. The highest BCUT2D eigenvalue weighted by molar-refractivity contribution is 6.33. The minimum absolute atomic E-state index is 0.0486. The zero-order chi connectivity index (χ0) is 19.6. The Hall–Kier alpha value is -2.41. The Morgan fingerprint density at radius 1 is 1.30 bits per heavy atom. The van der Waals surface area contributed by atoms with Gasteiger partial charge in [-0.25, -0.2) is 13.9 Å². The number of carbonyl (C=O) groups excluding carboxylic acids is 2. The molecular formula is C19H21ClFN3O3. The van der Waals surface area contributed by atoms with E-state index in [1.165, 1.54) is 35.9 Å². The molecule has 1 heterocycles. The Morgan fingerprint density at radius 3 is 2.56 bits per heavy atom. The maximum atomic E-state index is 13.1. The third-order valence-electron chi connectivity index (χ3n) is 4.63. The summed E-state index contributed by atoms with van der Waals surface area (Å²) in [5.74, 6) is -1.43. The van der Waals surface area contributed by atoms with Gasteiger partial charge in [-0.15, -0.1) is 0 Å². The van der Waals surface area contributed by atoms with Crippen molar-refractivity contribution < 1.29 is 18.7 Å². The van der Waals surface area contributed by atoms with Crippen molar-refractivity contribution in [3.63, 3.8) is 0 Å². The first-order valence-electron chi connectivity index (χ1n) is 8.89. The molecule has 1 atom stereocenters. The number of esters is 1. The van der Waals surface area contributed by atoms with Gasteiger partial charge in [0.1, 0.15) is 16.5 Å². The monoisotopic (exact) mass is 393 g/mol. The predicted octanol–water partition coefficient (Wildman–Crippen LogP) is 3.58. The second-order valence-corrected chi connectivity index (χ2v) is 7.03. The molecule has 1 aliphatic rings. The number of halogens is 2. The Labute approximate surface area is 161 Å². The van der Waals surface area contributed by atoms with Crippen molar-refractivity contribution in [3.05, 3.63) is 46.5 Å². The van der Waals surface area contributed by atoms with E-state index in [-0.39, 0.29) is 28.5 Å². The SMILES string of the molecule is Cc1nn(-c2ccc(F)cc2)c(Cl)c1C(=O)O[C@@H](C)C(=O)NC1CCCC1. The Kier molecular flexibility index (Phi) is 5.79. The van der Waals surface area contributed by atoms with E-state index in [2.05, 4.69) is 10.4 Å². The molecule has 8 heteroatoms. The molecule has 1 amide bonds. The number of nitrogens with one attached hydrogen (secondary N) is 1. The van der Waals surface area contributed by atoms with Crippen molar-refractivity contribution >= 4 is 23.5 Å². The van der Waals surface area contributed by atoms with Gasteiger partial charge in [0.15, 0.2) is 6.10 Å². The summed E-state index contributed by atoms with van der Waals surface area (Å²) < 4.78 is 19.7. The highest BCUT2D eigenvalue weighted by atomic mass is 35.5. The molecule has 0 unspecified atom stereocenters. The largest absolute Gasteiger partial charge is 0.449 e. The van der Waals surface area contributed by atoms with Gasteiger partial charge in [0, 0.05) is 6.04 Å². The Balaban J connectivity index is 1.72. The first-order chi connectivity index (χ1) is 12.9. The molecule has 1 aliphatic carbocycles. The van der Waals surface area contributed by atoms with E-state index in [4.69, 9.17) is 16.3 Å². The molecule has 0 radical (unpaired) electrons. The zero-order valence-corrected chi connectivity index (χ0v) is 15.9. The van der Waals surface area contributed by atoms with Crippen LogP contribution in [0, 0.1) is 12.7 Å². The molecule has 3 rings (SSSR count). The summed E-state index contributed by atoms with van der Waals surface area (Å²) in [7, 11) is 0. The summed E-state index contributed by atoms with van der Waals surface area (Å²) in [6, 6.07) is 5.69. The van der Waals surface area contributed by atoms with Gasteiger partial charge in [0.2, 0.25) is 0 Å². The van der Waals surface area contributed by atoms with Crippen molar-refractivity contribution in [1.29, 1.82) is 0 Å². The number of aryl methyl sites for hydroxylation is 1. The van der Waals surface area contributed by atoms with Crippen LogP contribution < -0.4 is 5.32 Å². The van der Waals surface area contributed by atoms with Crippen LogP contribution in [0.2, 0.25) is 5.15 Å². The van der Waals surface area contributed by atoms with Gasteiger partial charge in [0.05, 0.1) is 11.4 Å². The molecule has 1 aromatic carbocycles. The van der Waals surface area contributed by atoms with Crippen LogP contribution in [0.1, 0.15) is 48.7 Å². The van der Waals surface area contributed by atoms with E-state index in [0.29, 0.717) is 11.4 Å². The van der Waals surface area contributed by atoms with Gasteiger partial charge < -0.3 is 10.1 Å². The lowest BCUT2D eigenvalue weighted by atomic mass is 10.2. The second kappa shape index (κ2) is 8.08. The summed E-state index contributed by atoms with van der Waals surface area (Å²) in [6.07, 6.45) is 3.14. The molecule has 0 saturated heterocycles. The van der Waals surface area contributed by atoms with E-state index in [9.17, 15) is 14.0 Å². The average Bonchev–Trinajstić information content (AvgIpc) is 3.23. The van der Waals surface area contributed by atoms with E-state index in [0.717, 1.165) is 25.7 Å². The molecule has 1 fully saturated rings. The molecule has 27 heavy (non-hydrogen) atoms. The highest BCUT2D eigenvalue weighted by Gasteiger charge is 2.27. The van der Waals surface area contributed by atoms with Gasteiger partial charge >= 0.3 is 5.97 Å². The molecular weight excluding hydrogens is 373 g/mol. The van der Waals surface area contributed by atoms with E-state index in [1.807, 2.05) is 0 Å². The van der Waals surface area contributed by atoms with Gasteiger partial charge in [-0.3, -0.25) is 4.79 Å². The van der Waals surface area contributed by atoms with Crippen LogP contribution in [-0.4, -0.2) is 33.8 Å². The lowest BCUT2D eigenvalue weighted by Crippen LogP contribution is -2.40. The normalized spacial score (nSPS) is 15.6. The van der Waals surface area contributed by atoms with Gasteiger partial charge in [-0.05, 0) is 51.0 Å². The van der Waals surface area contributed by atoms with Crippen LogP contribution >= 0.6 is 11.6 Å². The van der Waals surface area contributed by atoms with E-state index in [1.54, 1.807) is 6.92 Å². The second-order valence-electron chi connectivity index (χ2n) is 6.68. The van der Waals surface area contributed by atoms with Crippen LogP contribution in [0.15, 0.2) is 24.3 Å². The van der Waals surface area contributed by atoms with Crippen molar-refractivity contribution in [3.8, 4) is 5.69 Å². The van der Waals surface area contributed by atoms with E-state index < -0.39 is 12.1 Å². The number of carbonyl (C=O) groups is 2. The molecule has 144 valence electrons. The van der Waals surface area contributed by atoms with Gasteiger partial charge in [-0.2, -0.15) is 5.10 Å². The fourth-order valence-electron chi connectivity index (χ4n) is 3.15. The fraction of sp³-hybridized carbons (Fsp3) is 0.421. The summed E-state index contributed by atoms with van der Waals surface area (Å²) in [5.41, 5.74) is 0.954. The summed E-state index contributed by atoms with van der Waals surface area (Å²) in [6.45, 7) is 3.14. The molecule has 0 bridgehead atoms. The zero-order valence-electron chi connectivity index (χ0n) is 15.2. The van der Waals surface area contributed by atoms with E-state index >= 15 is 0 Å². The smallest absolute Gasteiger partial charge is 0.344 e. The van der Waals surface area contributed by atoms with Gasteiger partial charge in [0.25, 0.3) is 5.91 Å². The number of ether oxygens (including phenoxy) is 1. The Bertz CT molecular complexity index is 845. The molecule has 1 N–H and O–H groups in total. The van der Waals surface area contributed by atoms with Crippen LogP contribution in [0.4, 0.5) is 4.39 Å². The summed E-state index contributed by atoms with van der Waals surface area (Å²) in [5, 5.41) is 7.17. The minimum Gasteiger partial charge on any atom is -0.449 e. The quantitative estimate of drug-likeness (QED) is 0.788. The van der Waals surface area contributed by atoms with Crippen LogP contribution in [0.5, 0.6) is 0 Å². The molecule has 2 aromatic rings. The molecule has 0 spiro atoms. The minimum atomic E-state index is -0.942. The molecule has 1 saturated carbocycles. The van der Waals surface area contributed by atoms with Gasteiger partial charge in [-0.1, -0.05) is 24.4 Å². The van der Waals surface area contributed by atoms with Crippen molar-refractivity contribution in [2.45, 2.75) is 51.7 Å². The van der Waals surface area contributed by atoms with Crippen molar-refractivity contribution in [2.24, 2.45) is 0 Å². The third kappa shape index (κ3) is 4.30. The number of benzene rings is 1. The number of hydrogen-bond donors (Lipinski definition) is 1. The van der Waals surface area contributed by atoms with Crippen LogP contribution in [0.25, 0.3) is 5.69 Å². The standard InChI is InChI=1S/C19H21ClFN3O3/c1-11-16(17(20)24(23-11)15-9-7-13(21)8-10-15)19(26)27-12(2)18(25)22-14-5-3-4-6-14/h7-10,12,14H,3-6H2,1-2H3,(H,22,25)/t12-/m0/s1. The maximum Gasteiger partial charge on any atom is 0.344 e. The number of aromatic nitrogens is 2. The summed E-state index contributed by atoms with van der Waals surface area (Å²) >= 11 is 6.30. The van der Waals surface area contributed by atoms with Crippen LogP contribution in [-0.2, 0) is 9.53 Å². The summed E-state index contributed by atoms with van der Waals surface area (Å²) in [4.78, 5) is 24.8. The first kappa shape index (κ1) is 19.4.